The fourth-order valence-electron chi connectivity index (χ4n) is 1.26. The molecular weight excluding hydrogens is 231 g/mol. The molecule has 0 bridgehead atoms. The minimum Gasteiger partial charge on any atom is -0.211 e. The molecule has 90 valence electrons. The van der Waals surface area contributed by atoms with Gasteiger partial charge in [-0.05, 0) is 18.1 Å². The lowest BCUT2D eigenvalue weighted by atomic mass is 10.1. The van der Waals surface area contributed by atoms with Crippen LogP contribution < -0.4 is 0 Å². The molecule has 0 saturated heterocycles. The van der Waals surface area contributed by atoms with E-state index in [0.717, 1.165) is 12.1 Å². The second kappa shape index (κ2) is 6.01. The summed E-state index contributed by atoms with van der Waals surface area (Å²) in [7, 11) is 0. The molecule has 5 heteroatoms. The van der Waals surface area contributed by atoms with Crippen LogP contribution in [0.4, 0.5) is 13.2 Å². The topological polar surface area (TPSA) is 29.4 Å². The number of isocyanates is 1. The van der Waals surface area contributed by atoms with Gasteiger partial charge in [0.15, 0.2) is 0 Å². The third kappa shape index (κ3) is 4.66. The number of benzene rings is 1. The fourth-order valence-corrected chi connectivity index (χ4v) is 1.26. The molecule has 1 aromatic carbocycles. The van der Waals surface area contributed by atoms with E-state index in [2.05, 4.69) is 4.99 Å². The van der Waals surface area contributed by atoms with E-state index in [4.69, 9.17) is 0 Å². The van der Waals surface area contributed by atoms with Crippen molar-refractivity contribution in [2.45, 2.75) is 12.6 Å². The Labute approximate surface area is 96.5 Å². The van der Waals surface area contributed by atoms with Gasteiger partial charge in [-0.25, -0.2) is 9.79 Å². The molecule has 0 radical (unpaired) electrons. The Hall–Kier alpha value is -1.87. The number of rotatable bonds is 4. The second-order valence-corrected chi connectivity index (χ2v) is 3.31. The Balaban J connectivity index is 2.66. The van der Waals surface area contributed by atoms with Gasteiger partial charge in [0, 0.05) is 0 Å². The van der Waals surface area contributed by atoms with Crippen molar-refractivity contribution in [3.8, 4) is 0 Å². The molecule has 0 saturated carbocycles. The SMILES string of the molecule is O=C=NC/C=C\Cc1cccc(C(F)(F)F)c1. The molecule has 0 amide bonds. The maximum atomic E-state index is 12.4. The number of aliphatic imine (C=N–C) groups is 1. The van der Waals surface area contributed by atoms with Crippen LogP contribution in [0.5, 0.6) is 0 Å². The van der Waals surface area contributed by atoms with Crippen molar-refractivity contribution in [3.63, 3.8) is 0 Å². The van der Waals surface area contributed by atoms with Crippen LogP contribution >= 0.6 is 0 Å². The Kier molecular flexibility index (Phi) is 4.67. The molecule has 0 fully saturated rings. The van der Waals surface area contributed by atoms with Crippen molar-refractivity contribution < 1.29 is 18.0 Å². The lowest BCUT2D eigenvalue weighted by Crippen LogP contribution is -2.04. The Morgan fingerprint density at radius 2 is 2.06 bits per heavy atom. The van der Waals surface area contributed by atoms with E-state index >= 15 is 0 Å². The van der Waals surface area contributed by atoms with Crippen LogP contribution in [-0.2, 0) is 17.4 Å². The van der Waals surface area contributed by atoms with E-state index in [1.54, 1.807) is 18.2 Å². The number of carbonyl (C=O) groups excluding carboxylic acids is 1. The van der Waals surface area contributed by atoms with E-state index < -0.39 is 11.7 Å². The molecule has 0 aromatic heterocycles. The zero-order valence-electron chi connectivity index (χ0n) is 8.87. The normalized spacial score (nSPS) is 11.5. The van der Waals surface area contributed by atoms with E-state index in [1.165, 1.54) is 12.1 Å². The molecule has 17 heavy (non-hydrogen) atoms. The van der Waals surface area contributed by atoms with Gasteiger partial charge in [-0.2, -0.15) is 13.2 Å². The van der Waals surface area contributed by atoms with E-state index in [9.17, 15) is 18.0 Å². The van der Waals surface area contributed by atoms with Gasteiger partial charge >= 0.3 is 6.18 Å². The molecule has 0 spiro atoms. The summed E-state index contributed by atoms with van der Waals surface area (Å²) in [6, 6.07) is 5.12. The summed E-state index contributed by atoms with van der Waals surface area (Å²) in [6.45, 7) is 0.197. The van der Waals surface area contributed by atoms with Gasteiger partial charge in [0.05, 0.1) is 12.1 Å². The van der Waals surface area contributed by atoms with Crippen molar-refractivity contribution in [3.05, 3.63) is 47.5 Å². The van der Waals surface area contributed by atoms with Crippen molar-refractivity contribution >= 4 is 6.08 Å². The Morgan fingerprint density at radius 1 is 1.29 bits per heavy atom. The molecule has 0 aliphatic carbocycles. The summed E-state index contributed by atoms with van der Waals surface area (Å²) in [5.74, 6) is 0. The smallest absolute Gasteiger partial charge is 0.211 e. The number of halogens is 3. The molecular formula is C12H10F3NO. The minimum absolute atomic E-state index is 0.197. The second-order valence-electron chi connectivity index (χ2n) is 3.31. The van der Waals surface area contributed by atoms with E-state index in [1.807, 2.05) is 0 Å². The zero-order chi connectivity index (χ0) is 12.7. The van der Waals surface area contributed by atoms with Gasteiger partial charge in [-0.15, -0.1) is 0 Å². The number of alkyl halides is 3. The largest absolute Gasteiger partial charge is 0.416 e. The first-order valence-corrected chi connectivity index (χ1v) is 4.89. The van der Waals surface area contributed by atoms with Crippen molar-refractivity contribution in [2.75, 3.05) is 6.54 Å². The van der Waals surface area contributed by atoms with Crippen LogP contribution in [0.15, 0.2) is 41.4 Å². The maximum Gasteiger partial charge on any atom is 0.416 e. The minimum atomic E-state index is -4.32. The highest BCUT2D eigenvalue weighted by molar-refractivity contribution is 5.33. The summed E-state index contributed by atoms with van der Waals surface area (Å²) in [6.07, 6.45) is 0.691. The molecule has 1 rings (SSSR count). The van der Waals surface area contributed by atoms with Crippen LogP contribution in [-0.4, -0.2) is 12.6 Å². The third-order valence-corrected chi connectivity index (χ3v) is 2.04. The monoisotopic (exact) mass is 241 g/mol. The third-order valence-electron chi connectivity index (χ3n) is 2.04. The average Bonchev–Trinajstić information content (AvgIpc) is 2.28. The molecule has 0 aliphatic heterocycles. The molecule has 2 nitrogen and oxygen atoms in total. The summed E-state index contributed by atoms with van der Waals surface area (Å²) < 4.78 is 37.1. The number of hydrogen-bond acceptors (Lipinski definition) is 2. The highest BCUT2D eigenvalue weighted by atomic mass is 19.4. The lowest BCUT2D eigenvalue weighted by Gasteiger charge is -2.07. The summed E-state index contributed by atoms with van der Waals surface area (Å²) >= 11 is 0. The molecule has 0 unspecified atom stereocenters. The predicted octanol–water partition coefficient (Wildman–Crippen LogP) is 3.14. The summed E-state index contributed by atoms with van der Waals surface area (Å²) in [5.41, 5.74) is -0.0968. The van der Waals surface area contributed by atoms with Gasteiger partial charge in [-0.3, -0.25) is 0 Å². The van der Waals surface area contributed by atoms with E-state index in [-0.39, 0.29) is 6.54 Å². The number of hydrogen-bond donors (Lipinski definition) is 0. The molecule has 0 aliphatic rings. The zero-order valence-corrected chi connectivity index (χ0v) is 8.87. The highest BCUT2D eigenvalue weighted by Crippen LogP contribution is 2.29. The molecule has 0 heterocycles. The van der Waals surface area contributed by atoms with Crippen LogP contribution in [0, 0.1) is 0 Å². The maximum absolute atomic E-state index is 12.4. The summed E-state index contributed by atoms with van der Waals surface area (Å²) in [4.78, 5) is 13.0. The first-order chi connectivity index (χ1) is 8.04. The predicted molar refractivity (Wildman–Crippen MR) is 57.3 cm³/mol. The van der Waals surface area contributed by atoms with Crippen LogP contribution in [0.2, 0.25) is 0 Å². The van der Waals surface area contributed by atoms with Gasteiger partial charge in [0.25, 0.3) is 0 Å². The molecule has 0 atom stereocenters. The van der Waals surface area contributed by atoms with Gasteiger partial charge in [0.1, 0.15) is 0 Å². The van der Waals surface area contributed by atoms with Crippen molar-refractivity contribution in [1.29, 1.82) is 0 Å². The van der Waals surface area contributed by atoms with Crippen LogP contribution in [0.25, 0.3) is 0 Å². The molecule has 1 aromatic rings. The van der Waals surface area contributed by atoms with Crippen molar-refractivity contribution in [2.24, 2.45) is 4.99 Å². The molecule has 0 N–H and O–H groups in total. The highest BCUT2D eigenvalue weighted by Gasteiger charge is 2.30. The number of nitrogens with zero attached hydrogens (tertiary/aromatic N) is 1. The van der Waals surface area contributed by atoms with Crippen molar-refractivity contribution in [1.82, 2.24) is 0 Å². The van der Waals surface area contributed by atoms with Crippen LogP contribution in [0.1, 0.15) is 11.1 Å². The number of allylic oxidation sites excluding steroid dienone is 1. The standard InChI is InChI=1S/C12H10F3NO/c13-12(14,15)11-6-3-5-10(8-11)4-1-2-7-16-9-17/h1-3,5-6,8H,4,7H2/b2-1-. The first kappa shape index (κ1) is 13.2. The van der Waals surface area contributed by atoms with Gasteiger partial charge < -0.3 is 0 Å². The average molecular weight is 241 g/mol. The quantitative estimate of drug-likeness (QED) is 0.452. The first-order valence-electron chi connectivity index (χ1n) is 4.89. The van der Waals surface area contributed by atoms with Gasteiger partial charge in [-0.1, -0.05) is 30.4 Å². The van der Waals surface area contributed by atoms with E-state index in [0.29, 0.717) is 12.0 Å². The van der Waals surface area contributed by atoms with Crippen LogP contribution in [0.3, 0.4) is 0 Å². The van der Waals surface area contributed by atoms with Gasteiger partial charge in [0.2, 0.25) is 6.08 Å². The summed E-state index contributed by atoms with van der Waals surface area (Å²) in [5, 5.41) is 0. The lowest BCUT2D eigenvalue weighted by molar-refractivity contribution is -0.137. The Bertz CT molecular complexity index is 445. The fraction of sp³-hybridized carbons (Fsp3) is 0.250. The Morgan fingerprint density at radius 3 is 2.71 bits per heavy atom.